The third-order valence-corrected chi connectivity index (χ3v) is 7.85. The number of imidazole rings is 1. The fraction of sp³-hybridized carbons (Fsp3) is 0.615. The van der Waals surface area contributed by atoms with Crippen LogP contribution in [0.4, 0.5) is 35.1 Å². The van der Waals surface area contributed by atoms with E-state index in [1.807, 2.05) is 0 Å². The zero-order valence-electron chi connectivity index (χ0n) is 23.0. The fourth-order valence-corrected chi connectivity index (χ4v) is 5.61. The minimum atomic E-state index is -4.72. The van der Waals surface area contributed by atoms with Gasteiger partial charge in [0.1, 0.15) is 5.69 Å². The van der Waals surface area contributed by atoms with Gasteiger partial charge in [-0.3, -0.25) is 9.59 Å². The lowest BCUT2D eigenvalue weighted by Crippen LogP contribution is -2.30. The maximum absolute atomic E-state index is 14.1. The molecule has 0 bridgehead atoms. The van der Waals surface area contributed by atoms with Gasteiger partial charge in [-0.2, -0.15) is 41.3 Å². The number of hydrogen-bond donors (Lipinski definition) is 2. The van der Waals surface area contributed by atoms with E-state index >= 15 is 0 Å². The number of nitrogens with zero attached hydrogens (tertiary/aromatic N) is 6. The zero-order valence-corrected chi connectivity index (χ0v) is 23.0. The van der Waals surface area contributed by atoms with Gasteiger partial charge in [-0.1, -0.05) is 0 Å². The minimum Gasteiger partial charge on any atom is -0.364 e. The number of amides is 2. The second kappa shape index (κ2) is 11.6. The van der Waals surface area contributed by atoms with Gasteiger partial charge in [-0.25, -0.2) is 18.3 Å². The maximum atomic E-state index is 14.1. The van der Waals surface area contributed by atoms with Gasteiger partial charge in [-0.15, -0.1) is 5.10 Å². The molecule has 3 aromatic rings. The quantitative estimate of drug-likeness (QED) is 0.306. The molecule has 3 heterocycles. The van der Waals surface area contributed by atoms with E-state index in [4.69, 9.17) is 5.73 Å². The van der Waals surface area contributed by atoms with E-state index in [1.54, 1.807) is 6.07 Å². The number of fused-ring (bicyclic) bond motifs is 1. The third kappa shape index (κ3) is 7.61. The van der Waals surface area contributed by atoms with Crippen molar-refractivity contribution >= 4 is 17.5 Å². The Kier molecular flexibility index (Phi) is 8.30. The molecule has 3 aromatic heterocycles. The Labute approximate surface area is 244 Å². The molecular formula is C26H28F8N8O2. The summed E-state index contributed by atoms with van der Waals surface area (Å²) >= 11 is 0. The van der Waals surface area contributed by atoms with E-state index in [0.29, 0.717) is 5.56 Å². The van der Waals surface area contributed by atoms with Crippen LogP contribution in [0.2, 0.25) is 0 Å². The van der Waals surface area contributed by atoms with Crippen LogP contribution in [0.5, 0.6) is 0 Å². The zero-order chi connectivity index (χ0) is 32.0. The van der Waals surface area contributed by atoms with Crippen molar-refractivity contribution in [3.8, 4) is 0 Å². The smallest absolute Gasteiger partial charge is 0.364 e. The van der Waals surface area contributed by atoms with Crippen LogP contribution in [0, 0.1) is 11.8 Å². The maximum Gasteiger partial charge on any atom is 0.409 e. The highest BCUT2D eigenvalue weighted by Gasteiger charge is 2.42. The Balaban J connectivity index is 1.50. The number of rotatable bonds is 10. The standard InChI is InChI=1S/C26H28F8N8O2/c27-24(28)6-3-13(4-7-24)19(21-22(23(35)44)40-42(39-21)12-26(32,33)34)16-11-41-17(37-16)9-15(10-36-41)20(14-1-2-14)38-18(43)5-8-25(29,30)31/h9-11,13-14,19-20H,1-8,12H2,(H2,35,44)(H,38,43)/t19-,20?/m0/s1. The first-order valence-corrected chi connectivity index (χ1v) is 13.9. The number of carbonyl (C=O) groups is 2. The summed E-state index contributed by atoms with van der Waals surface area (Å²) in [5.41, 5.74) is 5.52. The van der Waals surface area contributed by atoms with Crippen LogP contribution >= 0.6 is 0 Å². The van der Waals surface area contributed by atoms with E-state index < -0.39 is 85.9 Å². The molecule has 2 amide bonds. The Bertz CT molecular complexity index is 1520. The number of aromatic nitrogens is 6. The summed E-state index contributed by atoms with van der Waals surface area (Å²) in [5, 5.41) is 14.5. The first kappa shape index (κ1) is 31.6. The van der Waals surface area contributed by atoms with Crippen molar-refractivity contribution in [1.82, 2.24) is 34.9 Å². The molecule has 1 unspecified atom stereocenters. The molecule has 0 spiro atoms. The van der Waals surface area contributed by atoms with E-state index in [1.165, 1.54) is 16.9 Å². The number of hydrogen-bond acceptors (Lipinski definition) is 6. The normalized spacial score (nSPS) is 19.2. The molecule has 2 aliphatic carbocycles. The molecule has 18 heteroatoms. The van der Waals surface area contributed by atoms with Gasteiger partial charge in [0, 0.05) is 19.3 Å². The number of carbonyl (C=O) groups excluding carboxylic acids is 2. The molecule has 2 saturated carbocycles. The van der Waals surface area contributed by atoms with Gasteiger partial charge in [0.05, 0.1) is 36.5 Å². The van der Waals surface area contributed by atoms with Crippen LogP contribution < -0.4 is 11.1 Å². The van der Waals surface area contributed by atoms with Gasteiger partial charge >= 0.3 is 12.4 Å². The van der Waals surface area contributed by atoms with Crippen molar-refractivity contribution in [1.29, 1.82) is 0 Å². The van der Waals surface area contributed by atoms with Crippen molar-refractivity contribution in [3.63, 3.8) is 0 Å². The van der Waals surface area contributed by atoms with Crippen molar-refractivity contribution < 1.29 is 44.7 Å². The second-order valence-electron chi connectivity index (χ2n) is 11.4. The molecule has 10 nitrogen and oxygen atoms in total. The Morgan fingerprint density at radius 1 is 1.02 bits per heavy atom. The lowest BCUT2D eigenvalue weighted by Gasteiger charge is -2.32. The van der Waals surface area contributed by atoms with Crippen LogP contribution in [-0.4, -0.2) is 59.7 Å². The summed E-state index contributed by atoms with van der Waals surface area (Å²) < 4.78 is 107. The molecule has 3 N–H and O–H groups in total. The highest BCUT2D eigenvalue weighted by Crippen LogP contribution is 2.45. The predicted octanol–water partition coefficient (Wildman–Crippen LogP) is 4.85. The van der Waals surface area contributed by atoms with E-state index in [9.17, 15) is 44.7 Å². The molecule has 2 aliphatic rings. The molecule has 2 fully saturated rings. The van der Waals surface area contributed by atoms with Crippen molar-refractivity contribution in [2.75, 3.05) is 0 Å². The monoisotopic (exact) mass is 636 g/mol. The van der Waals surface area contributed by atoms with E-state index in [0.717, 1.165) is 12.8 Å². The SMILES string of the molecule is NC(=O)c1nn(CC(F)(F)F)nc1[C@H](c1cn2ncc(C(NC(=O)CCC(F)(F)F)C3CC3)cc2n1)C1CCC(F)(F)CC1. The molecule has 0 radical (unpaired) electrons. The summed E-state index contributed by atoms with van der Waals surface area (Å²) in [6, 6.07) is 0.930. The number of alkyl halides is 8. The van der Waals surface area contributed by atoms with Crippen LogP contribution in [0.25, 0.3) is 5.65 Å². The van der Waals surface area contributed by atoms with Gasteiger partial charge in [0.25, 0.3) is 5.91 Å². The largest absolute Gasteiger partial charge is 0.409 e. The van der Waals surface area contributed by atoms with Gasteiger partial charge in [0.15, 0.2) is 17.9 Å². The summed E-state index contributed by atoms with van der Waals surface area (Å²) in [4.78, 5) is 29.4. The summed E-state index contributed by atoms with van der Waals surface area (Å²) in [6.45, 7) is -1.62. The topological polar surface area (TPSA) is 133 Å². The number of nitrogens with one attached hydrogen (secondary N) is 1. The van der Waals surface area contributed by atoms with Crippen LogP contribution in [0.15, 0.2) is 18.5 Å². The summed E-state index contributed by atoms with van der Waals surface area (Å²) in [5.74, 6) is -6.54. The highest BCUT2D eigenvalue weighted by atomic mass is 19.4. The van der Waals surface area contributed by atoms with E-state index in [-0.39, 0.29) is 40.6 Å². The van der Waals surface area contributed by atoms with Gasteiger partial charge in [0.2, 0.25) is 11.8 Å². The summed E-state index contributed by atoms with van der Waals surface area (Å²) in [7, 11) is 0. The first-order valence-electron chi connectivity index (χ1n) is 13.9. The predicted molar refractivity (Wildman–Crippen MR) is 135 cm³/mol. The number of primary amides is 1. The Morgan fingerprint density at radius 3 is 2.30 bits per heavy atom. The average molecular weight is 637 g/mol. The second-order valence-corrected chi connectivity index (χ2v) is 11.4. The Hall–Kier alpha value is -3.86. The minimum absolute atomic E-state index is 0.0260. The highest BCUT2D eigenvalue weighted by molar-refractivity contribution is 5.92. The van der Waals surface area contributed by atoms with Crippen LogP contribution in [0.3, 0.4) is 0 Å². The molecule has 0 aliphatic heterocycles. The number of halogens is 8. The fourth-order valence-electron chi connectivity index (χ4n) is 5.61. The lowest BCUT2D eigenvalue weighted by atomic mass is 9.75. The molecule has 5 rings (SSSR count). The van der Waals surface area contributed by atoms with E-state index in [2.05, 4.69) is 25.6 Å². The van der Waals surface area contributed by atoms with Crippen molar-refractivity contribution in [2.45, 2.75) is 88.1 Å². The van der Waals surface area contributed by atoms with Crippen LogP contribution in [0.1, 0.15) is 90.8 Å². The average Bonchev–Trinajstić information content (AvgIpc) is 3.53. The van der Waals surface area contributed by atoms with Crippen LogP contribution in [-0.2, 0) is 11.3 Å². The third-order valence-electron chi connectivity index (χ3n) is 7.85. The summed E-state index contributed by atoms with van der Waals surface area (Å²) in [6.07, 6.45) is -8.03. The molecular weight excluding hydrogens is 608 g/mol. The Morgan fingerprint density at radius 2 is 1.70 bits per heavy atom. The first-order chi connectivity index (χ1) is 20.5. The lowest BCUT2D eigenvalue weighted by molar-refractivity contribution is -0.145. The van der Waals surface area contributed by atoms with Crippen molar-refractivity contribution in [2.24, 2.45) is 17.6 Å². The van der Waals surface area contributed by atoms with Crippen molar-refractivity contribution in [3.05, 3.63) is 41.1 Å². The number of nitrogens with two attached hydrogens (primary N) is 1. The molecule has 2 atom stereocenters. The van der Waals surface area contributed by atoms with Gasteiger partial charge in [-0.05, 0) is 49.1 Å². The molecule has 240 valence electrons. The molecule has 0 aromatic carbocycles. The molecule has 0 saturated heterocycles. The molecule has 44 heavy (non-hydrogen) atoms. The van der Waals surface area contributed by atoms with Gasteiger partial charge < -0.3 is 11.1 Å².